The molecule has 1 fully saturated rings. The Balaban J connectivity index is 1.74. The van der Waals surface area contributed by atoms with Gasteiger partial charge in [0.25, 0.3) is 0 Å². The maximum atomic E-state index is 13.2. The van der Waals surface area contributed by atoms with Gasteiger partial charge in [-0.3, -0.25) is 9.59 Å². The molecule has 1 aliphatic carbocycles. The zero-order valence-corrected chi connectivity index (χ0v) is 20.0. The van der Waals surface area contributed by atoms with Crippen molar-refractivity contribution in [2.75, 3.05) is 10.6 Å². The maximum absolute atomic E-state index is 13.2. The fourth-order valence-electron chi connectivity index (χ4n) is 4.10. The molecule has 32 heavy (non-hydrogen) atoms. The summed E-state index contributed by atoms with van der Waals surface area (Å²) >= 11 is 0. The summed E-state index contributed by atoms with van der Waals surface area (Å²) in [4.78, 5) is 24.4. The van der Waals surface area contributed by atoms with E-state index in [2.05, 4.69) is 43.6 Å². The molecule has 1 saturated carbocycles. The number of fused-ring (bicyclic) bond motifs is 1. The smallest absolute Gasteiger partial charge is 0.303 e. The van der Waals surface area contributed by atoms with Crippen molar-refractivity contribution >= 4 is 35.0 Å². The first-order valence-corrected chi connectivity index (χ1v) is 11.3. The van der Waals surface area contributed by atoms with Gasteiger partial charge >= 0.3 is 5.97 Å². The van der Waals surface area contributed by atoms with Gasteiger partial charge in [0.15, 0.2) is 0 Å². The van der Waals surface area contributed by atoms with Crippen LogP contribution in [0, 0.1) is 16.2 Å². The first-order valence-electron chi connectivity index (χ1n) is 11.3. The van der Waals surface area contributed by atoms with Gasteiger partial charge < -0.3 is 20.8 Å². The van der Waals surface area contributed by atoms with Gasteiger partial charge in [-0.2, -0.15) is 0 Å². The van der Waals surface area contributed by atoms with Crippen LogP contribution in [0.2, 0.25) is 0 Å². The molecule has 0 radical (unpaired) electrons. The van der Waals surface area contributed by atoms with E-state index < -0.39 is 17.5 Å². The number of rotatable bonds is 7. The molecule has 2 aliphatic rings. The Morgan fingerprint density at radius 1 is 1.34 bits per heavy atom. The van der Waals surface area contributed by atoms with Crippen LogP contribution >= 0.6 is 0 Å². The van der Waals surface area contributed by atoms with Crippen molar-refractivity contribution in [3.05, 3.63) is 41.5 Å². The topological polar surface area (TPSA) is 91.3 Å². The highest BCUT2D eigenvalue weighted by Crippen LogP contribution is 2.53. The van der Waals surface area contributed by atoms with E-state index in [1.807, 2.05) is 25.1 Å². The quantitative estimate of drug-likeness (QED) is 0.384. The molecule has 3 N–H and O–H groups in total. The van der Waals surface area contributed by atoms with Crippen LogP contribution in [-0.2, 0) is 14.3 Å². The van der Waals surface area contributed by atoms with Gasteiger partial charge in [-0.25, -0.2) is 0 Å². The van der Waals surface area contributed by atoms with Gasteiger partial charge in [0, 0.05) is 24.3 Å². The van der Waals surface area contributed by atoms with E-state index in [1.54, 1.807) is 13.0 Å². The molecule has 1 heterocycles. The average molecular weight is 438 g/mol. The molecule has 0 spiro atoms. The number of carbonyl (C=O) groups is 2. The molecule has 172 valence electrons. The third-order valence-electron chi connectivity index (χ3n) is 6.31. The van der Waals surface area contributed by atoms with E-state index >= 15 is 0 Å². The fourth-order valence-corrected chi connectivity index (χ4v) is 4.10. The number of benzene rings is 1. The maximum Gasteiger partial charge on any atom is 0.303 e. The highest BCUT2D eigenvalue weighted by molar-refractivity contribution is 6.03. The number of hydrogen-bond donors (Lipinski definition) is 3. The largest absolute Gasteiger partial charge is 0.456 e. The van der Waals surface area contributed by atoms with Crippen LogP contribution in [0.25, 0.3) is 6.08 Å². The Kier molecular flexibility index (Phi) is 6.63. The number of ether oxygens (including phenoxy) is 1. The highest BCUT2D eigenvalue weighted by atomic mass is 16.5. The number of carbonyl (C=O) groups excluding carboxylic acids is 2. The monoisotopic (exact) mass is 437 g/mol. The molecule has 1 amide bonds. The summed E-state index contributed by atoms with van der Waals surface area (Å²) in [6.45, 7) is 11.6. The van der Waals surface area contributed by atoms with Gasteiger partial charge in [-0.15, -0.1) is 0 Å². The van der Waals surface area contributed by atoms with Crippen molar-refractivity contribution in [1.29, 1.82) is 5.41 Å². The summed E-state index contributed by atoms with van der Waals surface area (Å²) in [6, 6.07) is 6.19. The standard InChI is InChI=1S/C26H35N3O3/c1-7-19(15-21(27)16(2)32-17(3)30)26(12-13-26)24(31)28-20-9-10-22-18(14-20)8-11-23(29-22)25(4,5)6/h8-11,14-16,23,27,29H,7,12-13H2,1-6H3,(H,28,31)/b19-15+,27-21?. The van der Waals surface area contributed by atoms with E-state index in [0.717, 1.165) is 35.4 Å². The molecule has 0 saturated heterocycles. The number of esters is 1. The first kappa shape index (κ1) is 23.8. The Hall–Kier alpha value is -2.89. The first-order chi connectivity index (χ1) is 15.0. The lowest BCUT2D eigenvalue weighted by atomic mass is 9.84. The average Bonchev–Trinajstić information content (AvgIpc) is 3.52. The zero-order valence-electron chi connectivity index (χ0n) is 20.0. The van der Waals surface area contributed by atoms with Gasteiger partial charge in [0.2, 0.25) is 5.91 Å². The molecular formula is C26H35N3O3. The van der Waals surface area contributed by atoms with Crippen LogP contribution in [0.4, 0.5) is 11.4 Å². The summed E-state index contributed by atoms with van der Waals surface area (Å²) in [5.41, 5.74) is 3.52. The van der Waals surface area contributed by atoms with Crippen LogP contribution in [0.15, 0.2) is 35.9 Å². The molecule has 1 aromatic carbocycles. The van der Waals surface area contributed by atoms with Crippen molar-refractivity contribution < 1.29 is 14.3 Å². The van der Waals surface area contributed by atoms with E-state index in [4.69, 9.17) is 10.1 Å². The van der Waals surface area contributed by atoms with Crippen LogP contribution in [-0.4, -0.2) is 29.7 Å². The predicted octanol–water partition coefficient (Wildman–Crippen LogP) is 5.57. The van der Waals surface area contributed by atoms with Crippen molar-refractivity contribution in [2.45, 2.75) is 73.0 Å². The number of nitrogens with one attached hydrogen (secondary N) is 3. The Bertz CT molecular complexity index is 981. The van der Waals surface area contributed by atoms with Crippen molar-refractivity contribution in [1.82, 2.24) is 0 Å². The fraction of sp³-hybridized carbons (Fsp3) is 0.500. The molecule has 0 bridgehead atoms. The second kappa shape index (κ2) is 8.93. The SMILES string of the molecule is CC/C(=C\C(=N)C(C)OC(C)=O)C1(C(=O)Nc2ccc3c(c2)C=CC(C(C)(C)C)N3)CC1. The second-order valence-electron chi connectivity index (χ2n) is 9.92. The molecule has 0 aromatic heterocycles. The van der Waals surface area contributed by atoms with Crippen molar-refractivity contribution in [3.63, 3.8) is 0 Å². The van der Waals surface area contributed by atoms with Crippen molar-refractivity contribution in [3.8, 4) is 0 Å². The summed E-state index contributed by atoms with van der Waals surface area (Å²) in [7, 11) is 0. The van der Waals surface area contributed by atoms with Gasteiger partial charge in [-0.05, 0) is 61.4 Å². The minimum atomic E-state index is -0.634. The molecule has 2 atom stereocenters. The normalized spacial score (nSPS) is 19.9. The third-order valence-corrected chi connectivity index (χ3v) is 6.31. The molecule has 1 aliphatic heterocycles. The molecule has 3 rings (SSSR count). The molecule has 2 unspecified atom stereocenters. The molecule has 6 heteroatoms. The summed E-state index contributed by atoms with van der Waals surface area (Å²) in [5, 5.41) is 14.9. The lowest BCUT2D eigenvalue weighted by molar-refractivity contribution is -0.142. The number of amides is 1. The summed E-state index contributed by atoms with van der Waals surface area (Å²) in [5.74, 6) is -0.462. The van der Waals surface area contributed by atoms with Crippen LogP contribution in [0.1, 0.15) is 66.4 Å². The lowest BCUT2D eigenvalue weighted by Crippen LogP contribution is -2.33. The summed E-state index contributed by atoms with van der Waals surface area (Å²) in [6.07, 6.45) is 7.54. The van der Waals surface area contributed by atoms with E-state index in [9.17, 15) is 9.59 Å². The molecule has 1 aromatic rings. The Morgan fingerprint density at radius 2 is 2.03 bits per heavy atom. The predicted molar refractivity (Wildman–Crippen MR) is 130 cm³/mol. The third kappa shape index (κ3) is 5.12. The second-order valence-corrected chi connectivity index (χ2v) is 9.92. The number of anilines is 2. The zero-order chi connectivity index (χ0) is 23.7. The Morgan fingerprint density at radius 3 is 2.59 bits per heavy atom. The minimum absolute atomic E-state index is 0.0428. The van der Waals surface area contributed by atoms with E-state index in [0.29, 0.717) is 6.42 Å². The molecular weight excluding hydrogens is 402 g/mol. The minimum Gasteiger partial charge on any atom is -0.456 e. The van der Waals surface area contributed by atoms with Crippen molar-refractivity contribution in [2.24, 2.45) is 10.8 Å². The van der Waals surface area contributed by atoms with E-state index in [1.165, 1.54) is 6.92 Å². The van der Waals surface area contributed by atoms with Gasteiger partial charge in [-0.1, -0.05) is 45.4 Å². The van der Waals surface area contributed by atoms with Crippen LogP contribution in [0.5, 0.6) is 0 Å². The van der Waals surface area contributed by atoms with Crippen LogP contribution < -0.4 is 10.6 Å². The van der Waals surface area contributed by atoms with E-state index in [-0.39, 0.29) is 23.1 Å². The Labute approximate surface area is 191 Å². The highest BCUT2D eigenvalue weighted by Gasteiger charge is 2.52. The van der Waals surface area contributed by atoms with Gasteiger partial charge in [0.05, 0.1) is 11.1 Å². The lowest BCUT2D eigenvalue weighted by Gasteiger charge is -2.33. The van der Waals surface area contributed by atoms with Crippen LogP contribution in [0.3, 0.4) is 0 Å². The summed E-state index contributed by atoms with van der Waals surface area (Å²) < 4.78 is 5.11. The van der Waals surface area contributed by atoms with Gasteiger partial charge in [0.1, 0.15) is 6.10 Å². The number of hydrogen-bond acceptors (Lipinski definition) is 5. The molecule has 6 nitrogen and oxygen atoms in total.